The van der Waals surface area contributed by atoms with Crippen LogP contribution in [0.5, 0.6) is 0 Å². The second kappa shape index (κ2) is 7.39. The van der Waals surface area contributed by atoms with Gasteiger partial charge in [-0.1, -0.05) is 25.3 Å². The van der Waals surface area contributed by atoms with Gasteiger partial charge in [0.2, 0.25) is 0 Å². The van der Waals surface area contributed by atoms with Gasteiger partial charge in [0.1, 0.15) is 24.3 Å². The van der Waals surface area contributed by atoms with Crippen molar-refractivity contribution in [3.63, 3.8) is 0 Å². The highest BCUT2D eigenvalue weighted by atomic mass is 19.2. The van der Waals surface area contributed by atoms with Gasteiger partial charge in [-0.2, -0.15) is 0 Å². The Morgan fingerprint density at radius 1 is 0.773 bits per heavy atom. The third-order valence-electron chi connectivity index (χ3n) is 2.34. The molecule has 0 unspecified atom stereocenters. The normalized spacial score (nSPS) is 10.0. The van der Waals surface area contributed by atoms with Crippen LogP contribution >= 0.6 is 0 Å². The maximum absolute atomic E-state index is 13.7. The molecule has 0 N–H and O–H groups in total. The Balaban J connectivity index is 3.50. The Hall–Kier alpha value is -2.64. The molecule has 0 heterocycles. The summed E-state index contributed by atoms with van der Waals surface area (Å²) >= 11 is 0. The van der Waals surface area contributed by atoms with Crippen molar-refractivity contribution in [2.45, 2.75) is 0 Å². The maximum atomic E-state index is 13.7. The van der Waals surface area contributed by atoms with E-state index >= 15 is 0 Å². The standard InChI is InChI=1S/C14H10F4O4/c1-3-5-21-13(19)7-8(14(20)22-6-4-2)10(16)12(18)11(17)9(7)15/h3-4H,1-2,5-6H2. The van der Waals surface area contributed by atoms with Crippen molar-refractivity contribution in [1.29, 1.82) is 0 Å². The lowest BCUT2D eigenvalue weighted by molar-refractivity contribution is 0.0490. The lowest BCUT2D eigenvalue weighted by atomic mass is 10.1. The van der Waals surface area contributed by atoms with Crippen molar-refractivity contribution in [3.8, 4) is 0 Å². The molecule has 0 aliphatic rings. The number of esters is 2. The Morgan fingerprint density at radius 3 is 1.36 bits per heavy atom. The largest absolute Gasteiger partial charge is 0.458 e. The van der Waals surface area contributed by atoms with Crippen molar-refractivity contribution >= 4 is 11.9 Å². The van der Waals surface area contributed by atoms with E-state index in [0.717, 1.165) is 12.2 Å². The van der Waals surface area contributed by atoms with Crippen molar-refractivity contribution in [2.24, 2.45) is 0 Å². The zero-order chi connectivity index (χ0) is 16.9. The molecule has 22 heavy (non-hydrogen) atoms. The molecule has 0 fully saturated rings. The van der Waals surface area contributed by atoms with E-state index in [1.54, 1.807) is 0 Å². The quantitative estimate of drug-likeness (QED) is 0.266. The van der Waals surface area contributed by atoms with Gasteiger partial charge < -0.3 is 9.47 Å². The summed E-state index contributed by atoms with van der Waals surface area (Å²) in [5.74, 6) is -11.7. The van der Waals surface area contributed by atoms with E-state index in [9.17, 15) is 27.2 Å². The number of hydrogen-bond acceptors (Lipinski definition) is 4. The zero-order valence-corrected chi connectivity index (χ0v) is 11.1. The molecule has 0 bridgehead atoms. The summed E-state index contributed by atoms with van der Waals surface area (Å²) < 4.78 is 62.8. The van der Waals surface area contributed by atoms with Crippen molar-refractivity contribution in [3.05, 3.63) is 59.7 Å². The van der Waals surface area contributed by atoms with Gasteiger partial charge in [0.05, 0.1) is 0 Å². The Labute approximate surface area is 122 Å². The first-order chi connectivity index (χ1) is 10.4. The van der Waals surface area contributed by atoms with E-state index in [1.807, 2.05) is 0 Å². The molecule has 0 aromatic heterocycles. The fourth-order valence-corrected chi connectivity index (χ4v) is 1.43. The summed E-state index contributed by atoms with van der Waals surface area (Å²) in [5, 5.41) is 0. The van der Waals surface area contributed by atoms with E-state index in [4.69, 9.17) is 0 Å². The third kappa shape index (κ3) is 3.33. The molecule has 0 atom stereocenters. The molecule has 1 aromatic rings. The van der Waals surface area contributed by atoms with Crippen LogP contribution < -0.4 is 0 Å². The van der Waals surface area contributed by atoms with Crippen LogP contribution in [0.15, 0.2) is 25.3 Å². The first kappa shape index (κ1) is 17.4. The number of hydrogen-bond donors (Lipinski definition) is 0. The highest BCUT2D eigenvalue weighted by Crippen LogP contribution is 2.25. The summed E-state index contributed by atoms with van der Waals surface area (Å²) in [5.41, 5.74) is -2.79. The van der Waals surface area contributed by atoms with Crippen LogP contribution in [0.1, 0.15) is 20.7 Å². The fraction of sp³-hybridized carbons (Fsp3) is 0.143. The second-order valence-corrected chi connectivity index (χ2v) is 3.78. The van der Waals surface area contributed by atoms with Crippen LogP contribution in [0.4, 0.5) is 17.6 Å². The van der Waals surface area contributed by atoms with Gasteiger partial charge in [0.25, 0.3) is 0 Å². The SMILES string of the molecule is C=CCOC(=O)c1c(F)c(F)c(F)c(F)c1C(=O)OCC=C. The molecule has 0 aliphatic heterocycles. The van der Waals surface area contributed by atoms with E-state index in [-0.39, 0.29) is 0 Å². The van der Waals surface area contributed by atoms with Crippen LogP contribution in [0.3, 0.4) is 0 Å². The Bertz CT molecular complexity index is 585. The average Bonchev–Trinajstić information content (AvgIpc) is 2.51. The third-order valence-corrected chi connectivity index (χ3v) is 2.34. The minimum absolute atomic E-state index is 0.417. The summed E-state index contributed by atoms with van der Waals surface area (Å²) in [6, 6.07) is 0. The second-order valence-electron chi connectivity index (χ2n) is 3.78. The van der Waals surface area contributed by atoms with Gasteiger partial charge in [-0.05, 0) is 0 Å². The predicted molar refractivity (Wildman–Crippen MR) is 67.2 cm³/mol. The van der Waals surface area contributed by atoms with Crippen LogP contribution in [-0.4, -0.2) is 25.2 Å². The van der Waals surface area contributed by atoms with Gasteiger partial charge in [0, 0.05) is 0 Å². The number of carbonyl (C=O) groups is 2. The topological polar surface area (TPSA) is 52.6 Å². The molecule has 118 valence electrons. The number of ether oxygens (including phenoxy) is 2. The summed E-state index contributed by atoms with van der Waals surface area (Å²) in [6.45, 7) is 5.60. The monoisotopic (exact) mass is 318 g/mol. The van der Waals surface area contributed by atoms with Crippen LogP contribution in [0.2, 0.25) is 0 Å². The van der Waals surface area contributed by atoms with Crippen molar-refractivity contribution in [1.82, 2.24) is 0 Å². The highest BCUT2D eigenvalue weighted by molar-refractivity contribution is 6.03. The first-order valence-corrected chi connectivity index (χ1v) is 5.78. The van der Waals surface area contributed by atoms with Gasteiger partial charge in [-0.25, -0.2) is 27.2 Å². The molecular formula is C14H10F4O4. The minimum atomic E-state index is -2.25. The van der Waals surface area contributed by atoms with Gasteiger partial charge in [0.15, 0.2) is 23.3 Å². The number of rotatable bonds is 6. The van der Waals surface area contributed by atoms with Gasteiger partial charge in [-0.15, -0.1) is 0 Å². The van der Waals surface area contributed by atoms with Crippen molar-refractivity contribution in [2.75, 3.05) is 13.2 Å². The highest BCUT2D eigenvalue weighted by Gasteiger charge is 2.34. The van der Waals surface area contributed by atoms with Gasteiger partial charge in [-0.3, -0.25) is 0 Å². The average molecular weight is 318 g/mol. The lowest BCUT2D eigenvalue weighted by Gasteiger charge is -2.11. The zero-order valence-electron chi connectivity index (χ0n) is 11.1. The molecule has 8 heteroatoms. The Kier molecular flexibility index (Phi) is 5.85. The van der Waals surface area contributed by atoms with E-state index < -0.39 is 59.5 Å². The number of carbonyl (C=O) groups excluding carboxylic acids is 2. The molecule has 0 amide bonds. The van der Waals surface area contributed by atoms with E-state index in [1.165, 1.54) is 0 Å². The molecular weight excluding hydrogens is 308 g/mol. The molecule has 4 nitrogen and oxygen atoms in total. The van der Waals surface area contributed by atoms with Gasteiger partial charge >= 0.3 is 11.9 Å². The molecule has 0 saturated carbocycles. The molecule has 0 radical (unpaired) electrons. The molecule has 0 spiro atoms. The Morgan fingerprint density at radius 2 is 1.09 bits per heavy atom. The van der Waals surface area contributed by atoms with Crippen LogP contribution in [-0.2, 0) is 9.47 Å². The molecule has 0 saturated heterocycles. The molecule has 0 aliphatic carbocycles. The molecule has 1 aromatic carbocycles. The number of benzene rings is 1. The summed E-state index contributed by atoms with van der Waals surface area (Å²) in [6.07, 6.45) is 2.20. The van der Waals surface area contributed by atoms with E-state index in [2.05, 4.69) is 22.6 Å². The van der Waals surface area contributed by atoms with Crippen LogP contribution in [0.25, 0.3) is 0 Å². The smallest absolute Gasteiger partial charge is 0.342 e. The predicted octanol–water partition coefficient (Wildman–Crippen LogP) is 2.93. The van der Waals surface area contributed by atoms with Crippen molar-refractivity contribution < 1.29 is 36.6 Å². The fourth-order valence-electron chi connectivity index (χ4n) is 1.43. The molecule has 1 rings (SSSR count). The minimum Gasteiger partial charge on any atom is -0.458 e. The summed E-state index contributed by atoms with van der Waals surface area (Å²) in [7, 11) is 0. The maximum Gasteiger partial charge on any atom is 0.342 e. The lowest BCUT2D eigenvalue weighted by Crippen LogP contribution is -2.21. The number of halogens is 4. The first-order valence-electron chi connectivity index (χ1n) is 5.78. The summed E-state index contributed by atoms with van der Waals surface area (Å²) in [4.78, 5) is 23.3. The van der Waals surface area contributed by atoms with E-state index in [0.29, 0.717) is 0 Å². The van der Waals surface area contributed by atoms with Crippen LogP contribution in [0, 0.1) is 23.3 Å².